The Morgan fingerprint density at radius 2 is 0.862 bits per heavy atom. The van der Waals surface area contributed by atoms with Gasteiger partial charge >= 0.3 is 0 Å². The number of para-hydroxylation sites is 1. The zero-order valence-electron chi connectivity index (χ0n) is 33.6. The lowest BCUT2D eigenvalue weighted by Crippen LogP contribution is -2.33. The maximum Gasteiger partial charge on any atom is 0.0547 e. The second-order valence-corrected chi connectivity index (χ2v) is 17.6. The minimum absolute atomic E-state index is 0.120. The highest BCUT2D eigenvalue weighted by Gasteiger charge is 2.37. The van der Waals surface area contributed by atoms with E-state index in [0.717, 1.165) is 5.69 Å². The second-order valence-electron chi connectivity index (χ2n) is 17.6. The maximum absolute atomic E-state index is 2.51. The lowest BCUT2D eigenvalue weighted by Gasteiger charge is -2.42. The van der Waals surface area contributed by atoms with Gasteiger partial charge in [-0.25, -0.2) is 0 Å². The first-order chi connectivity index (χ1) is 28.2. The highest BCUT2D eigenvalue weighted by Crippen LogP contribution is 2.48. The normalized spacial score (nSPS) is 14.7. The topological polar surface area (TPSA) is 9.86 Å². The Hall–Kier alpha value is -6.64. The standard InChI is InChI=1S/C56H46N2/c1-55(2)32-33-56(3,4)49-36-43(28-29-48(49)55)58-52-31-25-41(35-47(52)54-44(19-13-21-53(54)58)39-16-9-6-10-17-39)40-24-30-51-46(34-40)45-18-11-12-20-50(45)57(51)42-26-22-38(23-27-42)37-14-7-5-8-15-37/h5-31,34-36H,32-33H2,1-4H3. The van der Waals surface area contributed by atoms with Crippen molar-refractivity contribution in [2.24, 2.45) is 0 Å². The van der Waals surface area contributed by atoms with Gasteiger partial charge in [0.05, 0.1) is 22.1 Å². The molecule has 2 heteroatoms. The number of hydrogen-bond donors (Lipinski definition) is 0. The SMILES string of the molecule is CC1(C)CCC(C)(C)c2cc(-n3c4ccc(-c5ccc6c(c5)c5ccccc5n6-c5ccc(-c6ccccc6)cc5)cc4c4c(-c5ccccc5)cccc43)ccc21. The molecule has 0 spiro atoms. The van der Waals surface area contributed by atoms with Gasteiger partial charge in [-0.2, -0.15) is 0 Å². The number of nitrogens with zero attached hydrogens (tertiary/aromatic N) is 2. The minimum Gasteiger partial charge on any atom is -0.309 e. The van der Waals surface area contributed by atoms with Crippen LogP contribution in [0.25, 0.3) is 88.4 Å². The highest BCUT2D eigenvalue weighted by atomic mass is 15.0. The van der Waals surface area contributed by atoms with Gasteiger partial charge in [0, 0.05) is 32.9 Å². The molecule has 0 radical (unpaired) electrons. The van der Waals surface area contributed by atoms with E-state index in [0.29, 0.717) is 0 Å². The number of fused-ring (bicyclic) bond motifs is 7. The predicted molar refractivity (Wildman–Crippen MR) is 247 cm³/mol. The molecule has 0 amide bonds. The Labute approximate surface area is 340 Å². The predicted octanol–water partition coefficient (Wildman–Crippen LogP) is 15.2. The van der Waals surface area contributed by atoms with Crippen LogP contribution in [0.5, 0.6) is 0 Å². The second kappa shape index (κ2) is 12.9. The summed E-state index contributed by atoms with van der Waals surface area (Å²) < 4.78 is 4.92. The van der Waals surface area contributed by atoms with Crippen LogP contribution < -0.4 is 0 Å². The minimum atomic E-state index is 0.120. The molecule has 0 bridgehead atoms. The number of hydrogen-bond acceptors (Lipinski definition) is 0. The average molecular weight is 747 g/mol. The van der Waals surface area contributed by atoms with E-state index in [1.807, 2.05) is 0 Å². The molecule has 58 heavy (non-hydrogen) atoms. The number of aromatic nitrogens is 2. The highest BCUT2D eigenvalue weighted by molar-refractivity contribution is 6.17. The van der Waals surface area contributed by atoms with Crippen molar-refractivity contribution in [2.45, 2.75) is 51.4 Å². The van der Waals surface area contributed by atoms with E-state index < -0.39 is 0 Å². The smallest absolute Gasteiger partial charge is 0.0547 e. The van der Waals surface area contributed by atoms with Crippen LogP contribution >= 0.6 is 0 Å². The first kappa shape index (κ1) is 34.6. The summed E-state index contributed by atoms with van der Waals surface area (Å²) in [5.41, 5.74) is 17.9. The van der Waals surface area contributed by atoms with Gasteiger partial charge in [-0.05, 0) is 129 Å². The van der Waals surface area contributed by atoms with E-state index in [9.17, 15) is 0 Å². The quantitative estimate of drug-likeness (QED) is 0.166. The molecule has 10 aromatic rings. The van der Waals surface area contributed by atoms with E-state index >= 15 is 0 Å². The molecular formula is C56H46N2. The molecule has 2 heterocycles. The summed E-state index contributed by atoms with van der Waals surface area (Å²) in [4.78, 5) is 0. The maximum atomic E-state index is 2.51. The summed E-state index contributed by atoms with van der Waals surface area (Å²) >= 11 is 0. The summed E-state index contributed by atoms with van der Waals surface area (Å²) in [7, 11) is 0. The van der Waals surface area contributed by atoms with Gasteiger partial charge in [-0.15, -0.1) is 0 Å². The molecule has 11 rings (SSSR count). The summed E-state index contributed by atoms with van der Waals surface area (Å²) in [6.45, 7) is 9.67. The first-order valence-corrected chi connectivity index (χ1v) is 20.7. The van der Waals surface area contributed by atoms with Crippen molar-refractivity contribution in [3.63, 3.8) is 0 Å². The van der Waals surface area contributed by atoms with Crippen LogP contribution in [0.1, 0.15) is 51.7 Å². The Kier molecular flexibility index (Phi) is 7.72. The molecule has 280 valence electrons. The Bertz CT molecular complexity index is 3190. The molecule has 2 aromatic heterocycles. The van der Waals surface area contributed by atoms with Crippen LogP contribution in [0.3, 0.4) is 0 Å². The third-order valence-corrected chi connectivity index (χ3v) is 13.2. The van der Waals surface area contributed by atoms with Gasteiger partial charge in [0.2, 0.25) is 0 Å². The largest absolute Gasteiger partial charge is 0.309 e. The van der Waals surface area contributed by atoms with E-state index in [4.69, 9.17) is 0 Å². The van der Waals surface area contributed by atoms with Crippen LogP contribution in [0.4, 0.5) is 0 Å². The molecule has 8 aromatic carbocycles. The molecule has 0 aliphatic heterocycles. The Morgan fingerprint density at radius 3 is 1.59 bits per heavy atom. The van der Waals surface area contributed by atoms with Crippen LogP contribution in [0.2, 0.25) is 0 Å². The number of benzene rings is 8. The summed E-state index contributed by atoms with van der Waals surface area (Å²) in [6, 6.07) is 67.5. The summed E-state index contributed by atoms with van der Waals surface area (Å²) in [5.74, 6) is 0. The van der Waals surface area contributed by atoms with E-state index in [1.54, 1.807) is 0 Å². The molecule has 1 aliphatic rings. The third-order valence-electron chi connectivity index (χ3n) is 13.2. The fourth-order valence-electron chi connectivity index (χ4n) is 9.97. The Balaban J connectivity index is 1.10. The molecule has 2 nitrogen and oxygen atoms in total. The van der Waals surface area contributed by atoms with Crippen LogP contribution in [0, 0.1) is 0 Å². The van der Waals surface area contributed by atoms with Crippen molar-refractivity contribution in [1.29, 1.82) is 0 Å². The lowest BCUT2D eigenvalue weighted by atomic mass is 9.63. The van der Waals surface area contributed by atoms with Crippen molar-refractivity contribution < 1.29 is 0 Å². The zero-order chi connectivity index (χ0) is 39.2. The van der Waals surface area contributed by atoms with Crippen molar-refractivity contribution >= 4 is 43.6 Å². The third kappa shape index (κ3) is 5.39. The van der Waals surface area contributed by atoms with Crippen LogP contribution in [-0.4, -0.2) is 9.13 Å². The molecule has 0 atom stereocenters. The van der Waals surface area contributed by atoms with Crippen LogP contribution in [-0.2, 0) is 10.8 Å². The van der Waals surface area contributed by atoms with Crippen molar-refractivity contribution in [1.82, 2.24) is 9.13 Å². The molecular weight excluding hydrogens is 701 g/mol. The first-order valence-electron chi connectivity index (χ1n) is 20.7. The van der Waals surface area contributed by atoms with Crippen molar-refractivity contribution in [2.75, 3.05) is 0 Å². The van der Waals surface area contributed by atoms with E-state index in [-0.39, 0.29) is 10.8 Å². The molecule has 1 aliphatic carbocycles. The van der Waals surface area contributed by atoms with E-state index in [2.05, 4.69) is 219 Å². The lowest BCUT2D eigenvalue weighted by molar-refractivity contribution is 0.332. The van der Waals surface area contributed by atoms with Crippen molar-refractivity contribution in [3.8, 4) is 44.8 Å². The van der Waals surface area contributed by atoms with Gasteiger partial charge in [0.1, 0.15) is 0 Å². The van der Waals surface area contributed by atoms with Gasteiger partial charge in [0.25, 0.3) is 0 Å². The molecule has 0 saturated heterocycles. The molecule has 0 fully saturated rings. The van der Waals surface area contributed by atoms with Gasteiger partial charge in [-0.3, -0.25) is 0 Å². The van der Waals surface area contributed by atoms with Gasteiger partial charge in [-0.1, -0.05) is 149 Å². The summed E-state index contributed by atoms with van der Waals surface area (Å²) in [5, 5.41) is 5.08. The molecule has 0 saturated carbocycles. The van der Waals surface area contributed by atoms with Crippen molar-refractivity contribution in [3.05, 3.63) is 193 Å². The fourth-order valence-corrected chi connectivity index (χ4v) is 9.97. The van der Waals surface area contributed by atoms with Crippen LogP contribution in [0.15, 0.2) is 182 Å². The Morgan fingerprint density at radius 1 is 0.345 bits per heavy atom. The monoisotopic (exact) mass is 746 g/mol. The fraction of sp³-hybridized carbons (Fsp3) is 0.143. The molecule has 0 unspecified atom stereocenters. The van der Waals surface area contributed by atoms with E-state index in [1.165, 1.54) is 107 Å². The number of rotatable bonds is 5. The molecule has 0 N–H and O–H groups in total. The zero-order valence-corrected chi connectivity index (χ0v) is 33.6. The average Bonchev–Trinajstić information content (AvgIpc) is 3.78. The van der Waals surface area contributed by atoms with Gasteiger partial charge in [0.15, 0.2) is 0 Å². The summed E-state index contributed by atoms with van der Waals surface area (Å²) in [6.07, 6.45) is 2.40. The van der Waals surface area contributed by atoms with Gasteiger partial charge < -0.3 is 9.13 Å².